The van der Waals surface area contributed by atoms with E-state index in [1.165, 1.54) is 16.2 Å². The van der Waals surface area contributed by atoms with Gasteiger partial charge in [0.25, 0.3) is 0 Å². The molecule has 6 aromatic carbocycles. The summed E-state index contributed by atoms with van der Waals surface area (Å²) < 4.78 is 9.87. The van der Waals surface area contributed by atoms with E-state index in [2.05, 4.69) is 83.4 Å². The topological polar surface area (TPSA) is 36.2 Å². The van der Waals surface area contributed by atoms with Gasteiger partial charge >= 0.3 is 6.09 Å². The molecular formula is C36H24N2O2. The molecule has 0 saturated carbocycles. The molecule has 0 unspecified atom stereocenters. The Balaban J connectivity index is 1.45. The maximum atomic E-state index is 13.7. The lowest BCUT2D eigenvalue weighted by Gasteiger charge is -2.10. The van der Waals surface area contributed by atoms with Gasteiger partial charge in [-0.05, 0) is 52.7 Å². The van der Waals surface area contributed by atoms with Gasteiger partial charge in [0, 0.05) is 27.2 Å². The monoisotopic (exact) mass is 516 g/mol. The minimum Gasteiger partial charge on any atom is -0.444 e. The molecule has 0 aliphatic carbocycles. The molecule has 4 nitrogen and oxygen atoms in total. The highest BCUT2D eigenvalue weighted by atomic mass is 16.5. The molecule has 4 heteroatoms. The number of ether oxygens (including phenoxy) is 1. The van der Waals surface area contributed by atoms with E-state index in [1.54, 1.807) is 4.57 Å². The van der Waals surface area contributed by atoms with Crippen LogP contribution in [0.2, 0.25) is 0 Å². The van der Waals surface area contributed by atoms with Crippen molar-refractivity contribution in [1.29, 1.82) is 0 Å². The Morgan fingerprint density at radius 1 is 0.550 bits per heavy atom. The lowest BCUT2D eigenvalue weighted by Crippen LogP contribution is -2.13. The Kier molecular flexibility index (Phi) is 5.01. The minimum absolute atomic E-state index is 0.214. The van der Waals surface area contributed by atoms with E-state index in [1.807, 2.05) is 54.6 Å². The van der Waals surface area contributed by atoms with Gasteiger partial charge < -0.3 is 9.30 Å². The summed E-state index contributed by atoms with van der Waals surface area (Å²) >= 11 is 0. The van der Waals surface area contributed by atoms with Crippen LogP contribution in [0.3, 0.4) is 0 Å². The van der Waals surface area contributed by atoms with E-state index < -0.39 is 0 Å². The lowest BCUT2D eigenvalue weighted by molar-refractivity contribution is 0.143. The van der Waals surface area contributed by atoms with Crippen molar-refractivity contribution in [1.82, 2.24) is 9.13 Å². The van der Waals surface area contributed by atoms with Gasteiger partial charge in [-0.25, -0.2) is 9.36 Å². The third-order valence-corrected chi connectivity index (χ3v) is 7.85. The van der Waals surface area contributed by atoms with Crippen molar-refractivity contribution < 1.29 is 9.53 Å². The largest absolute Gasteiger partial charge is 0.444 e. The summed E-state index contributed by atoms with van der Waals surface area (Å²) in [6.45, 7) is 0.214. The van der Waals surface area contributed by atoms with Crippen LogP contribution in [0.25, 0.3) is 60.1 Å². The number of nitrogens with zero attached hydrogens (tertiary/aromatic N) is 2. The van der Waals surface area contributed by atoms with E-state index in [9.17, 15) is 4.79 Å². The molecular weight excluding hydrogens is 492 g/mol. The molecule has 0 amide bonds. The van der Waals surface area contributed by atoms with Crippen LogP contribution in [0.5, 0.6) is 0 Å². The lowest BCUT2D eigenvalue weighted by atomic mass is 10.0. The van der Waals surface area contributed by atoms with Crippen LogP contribution < -0.4 is 0 Å². The van der Waals surface area contributed by atoms with Gasteiger partial charge in [-0.15, -0.1) is 0 Å². The molecule has 0 aliphatic heterocycles. The third kappa shape index (κ3) is 3.36. The van der Waals surface area contributed by atoms with Crippen molar-refractivity contribution in [2.45, 2.75) is 6.61 Å². The molecule has 0 atom stereocenters. The number of carbonyl (C=O) groups excluding carboxylic acids is 1. The van der Waals surface area contributed by atoms with Crippen molar-refractivity contribution in [3.8, 4) is 5.69 Å². The van der Waals surface area contributed by atoms with Crippen LogP contribution in [0.4, 0.5) is 4.79 Å². The number of fused-ring (bicyclic) bond motifs is 8. The zero-order chi connectivity index (χ0) is 26.6. The Morgan fingerprint density at radius 2 is 1.25 bits per heavy atom. The van der Waals surface area contributed by atoms with E-state index in [-0.39, 0.29) is 12.7 Å². The number of para-hydroxylation sites is 2. The molecule has 0 bridgehead atoms. The van der Waals surface area contributed by atoms with Gasteiger partial charge in [0.1, 0.15) is 6.61 Å². The Morgan fingerprint density at radius 3 is 2.08 bits per heavy atom. The normalized spacial score (nSPS) is 11.7. The van der Waals surface area contributed by atoms with Gasteiger partial charge in [-0.2, -0.15) is 0 Å². The molecule has 2 aromatic heterocycles. The molecule has 0 spiro atoms. The summed E-state index contributed by atoms with van der Waals surface area (Å²) in [5.74, 6) is 0. The van der Waals surface area contributed by atoms with Crippen LogP contribution in [0.1, 0.15) is 5.56 Å². The molecule has 8 aromatic rings. The fourth-order valence-electron chi connectivity index (χ4n) is 6.08. The van der Waals surface area contributed by atoms with Crippen LogP contribution in [0.15, 0.2) is 133 Å². The summed E-state index contributed by atoms with van der Waals surface area (Å²) in [5.41, 5.74) is 5.88. The average Bonchev–Trinajstić information content (AvgIpc) is 3.52. The number of benzene rings is 6. The molecule has 0 aliphatic rings. The summed E-state index contributed by atoms with van der Waals surface area (Å²) in [4.78, 5) is 13.7. The maximum Gasteiger partial charge on any atom is 0.419 e. The van der Waals surface area contributed by atoms with Crippen molar-refractivity contribution in [2.24, 2.45) is 0 Å². The van der Waals surface area contributed by atoms with Gasteiger partial charge in [0.05, 0.1) is 22.1 Å². The molecule has 0 N–H and O–H groups in total. The first-order valence-corrected chi connectivity index (χ1v) is 13.4. The van der Waals surface area contributed by atoms with Gasteiger partial charge in [0.15, 0.2) is 0 Å². The van der Waals surface area contributed by atoms with Gasteiger partial charge in [-0.1, -0.05) is 97.1 Å². The van der Waals surface area contributed by atoms with Crippen molar-refractivity contribution in [3.63, 3.8) is 0 Å². The molecule has 0 saturated heterocycles. The predicted octanol–water partition coefficient (Wildman–Crippen LogP) is 9.23. The highest BCUT2D eigenvalue weighted by molar-refractivity contribution is 6.25. The summed E-state index contributed by atoms with van der Waals surface area (Å²) in [5, 5.41) is 6.84. The Hall–Kier alpha value is -5.35. The first-order chi connectivity index (χ1) is 19.8. The Labute approximate surface area is 230 Å². The highest BCUT2D eigenvalue weighted by Crippen LogP contribution is 2.41. The standard InChI is InChI=1S/C36H24N2O2/c39-36(40-23-24-11-3-1-4-12-24)38-31-18-10-9-17-28(31)29-21-30-34(22-33(29)38)37(26-14-5-2-6-15-26)32-20-19-25-13-7-8-16-27(25)35(30)32/h1-22H,23H2. The van der Waals surface area contributed by atoms with Crippen LogP contribution in [-0.4, -0.2) is 15.2 Å². The third-order valence-electron chi connectivity index (χ3n) is 7.85. The highest BCUT2D eigenvalue weighted by Gasteiger charge is 2.21. The number of hydrogen-bond acceptors (Lipinski definition) is 2. The van der Waals surface area contributed by atoms with Gasteiger partial charge in [0.2, 0.25) is 0 Å². The SMILES string of the molecule is O=C(OCc1ccccc1)n1c2ccccc2c2cc3c4c5ccccc5ccc4n(-c4ccccc4)c3cc21. The minimum atomic E-state index is -0.387. The molecule has 0 radical (unpaired) electrons. The quantitative estimate of drug-likeness (QED) is 0.235. The molecule has 40 heavy (non-hydrogen) atoms. The number of aromatic nitrogens is 2. The molecule has 0 fully saturated rings. The summed E-state index contributed by atoms with van der Waals surface area (Å²) in [7, 11) is 0. The first-order valence-electron chi connectivity index (χ1n) is 13.4. The smallest absolute Gasteiger partial charge is 0.419 e. The number of carbonyl (C=O) groups is 1. The van der Waals surface area contributed by atoms with Gasteiger partial charge in [-0.3, -0.25) is 0 Å². The molecule has 2 heterocycles. The van der Waals surface area contributed by atoms with Crippen molar-refractivity contribution in [3.05, 3.63) is 139 Å². The van der Waals surface area contributed by atoms with Crippen LogP contribution >= 0.6 is 0 Å². The number of rotatable bonds is 3. The second-order valence-corrected chi connectivity index (χ2v) is 10.1. The predicted molar refractivity (Wildman–Crippen MR) is 163 cm³/mol. The number of hydrogen-bond donors (Lipinski definition) is 0. The van der Waals surface area contributed by atoms with E-state index in [0.29, 0.717) is 0 Å². The van der Waals surface area contributed by atoms with Crippen molar-refractivity contribution >= 4 is 60.5 Å². The molecule has 190 valence electrons. The zero-order valence-electron chi connectivity index (χ0n) is 21.6. The van der Waals surface area contributed by atoms with E-state index in [0.717, 1.165) is 49.5 Å². The average molecular weight is 517 g/mol. The summed E-state index contributed by atoms with van der Waals surface area (Å²) in [6.07, 6.45) is -0.387. The van der Waals surface area contributed by atoms with Crippen LogP contribution in [0, 0.1) is 0 Å². The fraction of sp³-hybridized carbons (Fsp3) is 0.0278. The second kappa shape index (κ2) is 8.85. The summed E-state index contributed by atoms with van der Waals surface area (Å²) in [6, 6.07) is 45.6. The van der Waals surface area contributed by atoms with E-state index >= 15 is 0 Å². The maximum absolute atomic E-state index is 13.7. The second-order valence-electron chi connectivity index (χ2n) is 10.1. The van der Waals surface area contributed by atoms with E-state index in [4.69, 9.17) is 4.74 Å². The van der Waals surface area contributed by atoms with Crippen molar-refractivity contribution in [2.75, 3.05) is 0 Å². The Bertz CT molecular complexity index is 2220. The zero-order valence-corrected chi connectivity index (χ0v) is 21.6. The van der Waals surface area contributed by atoms with Crippen LogP contribution in [-0.2, 0) is 11.3 Å². The molecule has 8 rings (SSSR count). The fourth-order valence-corrected chi connectivity index (χ4v) is 6.08. The first kappa shape index (κ1) is 22.6.